The molecule has 1 aromatic heterocycles. The minimum Gasteiger partial charge on any atom is -0.309 e. The van der Waals surface area contributed by atoms with Gasteiger partial charge in [0.1, 0.15) is 5.82 Å². The third-order valence-electron chi connectivity index (χ3n) is 5.41. The molecule has 0 radical (unpaired) electrons. The Balaban J connectivity index is 1.63. The third kappa shape index (κ3) is 4.57. The Morgan fingerprint density at radius 2 is 1.90 bits per heavy atom. The number of benzene rings is 2. The molecular weight excluding hydrogens is 391 g/mol. The molecule has 0 bridgehead atoms. The van der Waals surface area contributed by atoms with E-state index in [4.69, 9.17) is 0 Å². The third-order valence-corrected chi connectivity index (χ3v) is 7.18. The zero-order valence-electron chi connectivity index (χ0n) is 16.0. The highest BCUT2D eigenvalue weighted by Crippen LogP contribution is 2.17. The van der Waals surface area contributed by atoms with Crippen LogP contribution in [0.4, 0.5) is 4.39 Å². The summed E-state index contributed by atoms with van der Waals surface area (Å²) in [5.41, 5.74) is 2.05. The molecule has 0 amide bonds. The molecule has 4 rings (SSSR count). The molecule has 0 spiro atoms. The van der Waals surface area contributed by atoms with E-state index in [1.165, 1.54) is 12.1 Å². The van der Waals surface area contributed by atoms with Crippen LogP contribution in [0.5, 0.6) is 0 Å². The molecule has 1 aliphatic rings. The van der Waals surface area contributed by atoms with Gasteiger partial charge in [-0.15, -0.1) is 0 Å². The summed E-state index contributed by atoms with van der Waals surface area (Å²) in [5, 5.41) is 3.99. The molecule has 1 atom stereocenters. The Bertz CT molecular complexity index is 1190. The van der Waals surface area contributed by atoms with Gasteiger partial charge in [0.05, 0.1) is 17.0 Å². The molecule has 1 fully saturated rings. The molecule has 1 unspecified atom stereocenters. The van der Waals surface area contributed by atoms with Crippen LogP contribution in [0, 0.1) is 5.82 Å². The van der Waals surface area contributed by atoms with E-state index in [1.54, 1.807) is 16.7 Å². The number of hydrogen-bond donors (Lipinski definition) is 1. The van der Waals surface area contributed by atoms with Crippen LogP contribution < -0.4 is 10.9 Å². The van der Waals surface area contributed by atoms with E-state index in [2.05, 4.69) is 5.32 Å². The van der Waals surface area contributed by atoms with Crippen molar-refractivity contribution in [3.8, 4) is 0 Å². The quantitative estimate of drug-likeness (QED) is 0.673. The van der Waals surface area contributed by atoms with Crippen LogP contribution in [-0.4, -0.2) is 30.5 Å². The first kappa shape index (κ1) is 19.8. The highest BCUT2D eigenvalue weighted by Gasteiger charge is 2.27. The van der Waals surface area contributed by atoms with Gasteiger partial charge in [0.2, 0.25) is 0 Å². The standard InChI is InChI=1S/C22H23FN2O3S/c23-19-7-6-17-12-18(14-24-20-9-11-29(27,28)15-20)22(26)25(21(17)13-19)10-8-16-4-2-1-3-5-16/h1-7,12-13,20,24H,8-11,14-15H2. The number of sulfone groups is 1. The molecule has 1 aliphatic heterocycles. The maximum atomic E-state index is 13.9. The summed E-state index contributed by atoms with van der Waals surface area (Å²) < 4.78 is 38.8. The van der Waals surface area contributed by atoms with Gasteiger partial charge in [-0.2, -0.15) is 0 Å². The molecule has 29 heavy (non-hydrogen) atoms. The molecule has 152 valence electrons. The maximum Gasteiger partial charge on any atom is 0.255 e. The predicted molar refractivity (Wildman–Crippen MR) is 112 cm³/mol. The number of aryl methyl sites for hydroxylation is 2. The van der Waals surface area contributed by atoms with Gasteiger partial charge in [-0.25, -0.2) is 12.8 Å². The van der Waals surface area contributed by atoms with Gasteiger partial charge < -0.3 is 9.88 Å². The molecule has 2 aromatic carbocycles. The van der Waals surface area contributed by atoms with Crippen molar-refractivity contribution in [2.45, 2.75) is 32.0 Å². The van der Waals surface area contributed by atoms with Gasteiger partial charge in [0, 0.05) is 24.7 Å². The molecule has 0 saturated carbocycles. The van der Waals surface area contributed by atoms with Gasteiger partial charge in [-0.05, 0) is 48.1 Å². The molecule has 0 aliphatic carbocycles. The largest absolute Gasteiger partial charge is 0.309 e. The highest BCUT2D eigenvalue weighted by atomic mass is 32.2. The molecule has 5 nitrogen and oxygen atoms in total. The van der Waals surface area contributed by atoms with E-state index in [9.17, 15) is 17.6 Å². The Labute approximate surface area is 169 Å². The predicted octanol–water partition coefficient (Wildman–Crippen LogP) is 2.66. The number of halogens is 1. The maximum absolute atomic E-state index is 13.9. The lowest BCUT2D eigenvalue weighted by atomic mass is 10.1. The first-order valence-corrected chi connectivity index (χ1v) is 11.5. The summed E-state index contributed by atoms with van der Waals surface area (Å²) >= 11 is 0. The van der Waals surface area contributed by atoms with Crippen molar-refractivity contribution in [2.75, 3.05) is 11.5 Å². The number of pyridine rings is 1. The number of fused-ring (bicyclic) bond motifs is 1. The fraction of sp³-hybridized carbons (Fsp3) is 0.318. The van der Waals surface area contributed by atoms with Crippen LogP contribution in [0.15, 0.2) is 59.4 Å². The average molecular weight is 415 g/mol. The number of rotatable bonds is 6. The Morgan fingerprint density at radius 3 is 2.62 bits per heavy atom. The summed E-state index contributed by atoms with van der Waals surface area (Å²) in [6.45, 7) is 0.728. The number of nitrogens with zero attached hydrogens (tertiary/aromatic N) is 1. The smallest absolute Gasteiger partial charge is 0.255 e. The van der Waals surface area contributed by atoms with Crippen LogP contribution in [0.2, 0.25) is 0 Å². The van der Waals surface area contributed by atoms with Crippen molar-refractivity contribution < 1.29 is 12.8 Å². The second-order valence-corrected chi connectivity index (χ2v) is 9.77. The summed E-state index contributed by atoms with van der Waals surface area (Å²) in [6.07, 6.45) is 1.22. The SMILES string of the molecule is O=c1c(CNC2CCS(=O)(=O)C2)cc2ccc(F)cc2n1CCc1ccccc1. The van der Waals surface area contributed by atoms with Crippen molar-refractivity contribution in [1.82, 2.24) is 9.88 Å². The molecule has 7 heteroatoms. The van der Waals surface area contributed by atoms with E-state index in [1.807, 2.05) is 30.3 Å². The summed E-state index contributed by atoms with van der Waals surface area (Å²) in [7, 11) is -2.98. The highest BCUT2D eigenvalue weighted by molar-refractivity contribution is 7.91. The van der Waals surface area contributed by atoms with E-state index in [-0.39, 0.29) is 35.5 Å². The zero-order valence-corrected chi connectivity index (χ0v) is 16.8. The molecule has 3 aromatic rings. The Morgan fingerprint density at radius 1 is 1.10 bits per heavy atom. The van der Waals surface area contributed by atoms with Gasteiger partial charge in [0.25, 0.3) is 5.56 Å². The van der Waals surface area contributed by atoms with Crippen molar-refractivity contribution in [2.24, 2.45) is 0 Å². The lowest BCUT2D eigenvalue weighted by Gasteiger charge is -2.15. The van der Waals surface area contributed by atoms with Crippen molar-refractivity contribution >= 4 is 20.7 Å². The van der Waals surface area contributed by atoms with Crippen molar-refractivity contribution in [1.29, 1.82) is 0 Å². The lowest BCUT2D eigenvalue weighted by molar-refractivity contribution is 0.548. The van der Waals surface area contributed by atoms with E-state index in [0.29, 0.717) is 30.5 Å². The average Bonchev–Trinajstić information content (AvgIpc) is 3.05. The van der Waals surface area contributed by atoms with E-state index < -0.39 is 9.84 Å². The van der Waals surface area contributed by atoms with Gasteiger partial charge in [-0.3, -0.25) is 4.79 Å². The van der Waals surface area contributed by atoms with Crippen molar-refractivity contribution in [3.05, 3.63) is 81.9 Å². The van der Waals surface area contributed by atoms with Crippen LogP contribution >= 0.6 is 0 Å². The lowest BCUT2D eigenvalue weighted by Crippen LogP contribution is -2.33. The van der Waals surface area contributed by atoms with E-state index in [0.717, 1.165) is 10.9 Å². The number of hydrogen-bond acceptors (Lipinski definition) is 4. The van der Waals surface area contributed by atoms with Gasteiger partial charge in [0.15, 0.2) is 9.84 Å². The fourth-order valence-corrected chi connectivity index (χ4v) is 5.56. The Kier molecular flexibility index (Phi) is 5.52. The van der Waals surface area contributed by atoms with Crippen molar-refractivity contribution in [3.63, 3.8) is 0 Å². The van der Waals surface area contributed by atoms with Crippen LogP contribution in [0.3, 0.4) is 0 Å². The molecule has 2 heterocycles. The van der Waals surface area contributed by atoms with Crippen LogP contribution in [0.25, 0.3) is 10.9 Å². The second kappa shape index (κ2) is 8.08. The monoisotopic (exact) mass is 414 g/mol. The van der Waals surface area contributed by atoms with Crippen LogP contribution in [-0.2, 0) is 29.3 Å². The molecular formula is C22H23FN2O3S. The number of nitrogens with one attached hydrogen (secondary N) is 1. The summed E-state index contributed by atoms with van der Waals surface area (Å²) in [5.74, 6) is -0.0934. The van der Waals surface area contributed by atoms with Gasteiger partial charge >= 0.3 is 0 Å². The first-order valence-electron chi connectivity index (χ1n) is 9.71. The van der Waals surface area contributed by atoms with E-state index >= 15 is 0 Å². The second-order valence-electron chi connectivity index (χ2n) is 7.55. The fourth-order valence-electron chi connectivity index (χ4n) is 3.85. The number of aromatic nitrogens is 1. The molecule has 1 N–H and O–H groups in total. The molecule has 1 saturated heterocycles. The summed E-state index contributed by atoms with van der Waals surface area (Å²) in [6, 6.07) is 15.9. The minimum atomic E-state index is -2.98. The van der Waals surface area contributed by atoms with Crippen LogP contribution in [0.1, 0.15) is 17.5 Å². The van der Waals surface area contributed by atoms with Gasteiger partial charge in [-0.1, -0.05) is 30.3 Å². The summed E-state index contributed by atoms with van der Waals surface area (Å²) in [4.78, 5) is 13.1. The zero-order chi connectivity index (χ0) is 20.4. The minimum absolute atomic E-state index is 0.105. The topological polar surface area (TPSA) is 68.2 Å². The Hall–Kier alpha value is -2.51. The normalized spacial score (nSPS) is 18.3. The first-order chi connectivity index (χ1) is 13.9.